The molecule has 94 heavy (non-hydrogen) atoms. The lowest BCUT2D eigenvalue weighted by atomic mass is 9.67. The lowest BCUT2D eigenvalue weighted by Crippen LogP contribution is -2.29. The second-order valence-corrected chi connectivity index (χ2v) is 23.7. The Morgan fingerprint density at radius 1 is 0.266 bits per heavy atom. The van der Waals surface area contributed by atoms with Crippen molar-refractivity contribution in [1.82, 2.24) is 0 Å². The predicted octanol–water partition coefficient (Wildman–Crippen LogP) is 20.9. The Kier molecular flexibility index (Phi) is 15.7. The smallest absolute Gasteiger partial charge is 0.419 e. The molecule has 0 aliphatic heterocycles. The van der Waals surface area contributed by atoms with Crippen LogP contribution in [0.5, 0.6) is 46.0 Å². The Labute approximate surface area is 540 Å². The van der Waals surface area contributed by atoms with Crippen LogP contribution >= 0.6 is 0 Å². The number of ether oxygens (including phenoxy) is 4. The highest BCUT2D eigenvalue weighted by Gasteiger charge is 2.48. The molecule has 0 saturated carbocycles. The first-order valence-electron chi connectivity index (χ1n) is 30.3. The second-order valence-electron chi connectivity index (χ2n) is 23.7. The second kappa shape index (κ2) is 24.0. The van der Waals surface area contributed by atoms with Gasteiger partial charge in [0.05, 0.1) is 22.0 Å². The summed E-state index contributed by atoms with van der Waals surface area (Å²) in [5.41, 5.74) is 37.9. The van der Waals surface area contributed by atoms with Gasteiger partial charge in [0.2, 0.25) is 0 Å². The van der Waals surface area contributed by atoms with Crippen LogP contribution in [0.1, 0.15) is 77.9 Å². The molecule has 0 atom stereocenters. The summed E-state index contributed by atoms with van der Waals surface area (Å²) in [6.07, 6.45) is -9.32. The van der Waals surface area contributed by atoms with E-state index in [1.807, 2.05) is 121 Å². The molecule has 8 N–H and O–H groups in total. The number of hydrogen-bond acceptors (Lipinski definition) is 8. The molecule has 12 aromatic carbocycles. The van der Waals surface area contributed by atoms with Crippen molar-refractivity contribution in [3.05, 3.63) is 333 Å². The lowest BCUT2D eigenvalue weighted by Gasteiger charge is -2.34. The molecule has 0 spiro atoms. The zero-order valence-corrected chi connectivity index (χ0v) is 51.5. The fraction of sp³-hybridized carbons (Fsp3) is 0.100. The SMILES string of the molecule is Cc1cc(C2(c3ccc(Oc4cc(N)ccc4C(F)(F)F)c(C)c3)c3ccccc3-c3ccccc32)ccc1Oc1cc(N)ccc1C(F)(F)F.Cc1cc(C2(c3ccc(Oc4ccc(N)cc4)c(C)c3)c3ccccc3-c3ccccc32)ccc1Oc1ccc(N)cc1. The minimum atomic E-state index is -4.66. The van der Waals surface area contributed by atoms with Crippen molar-refractivity contribution in [2.24, 2.45) is 0 Å². The maximum Gasteiger partial charge on any atom is 0.419 e. The normalized spacial score (nSPS) is 13.1. The van der Waals surface area contributed by atoms with Crippen molar-refractivity contribution < 1.29 is 45.3 Å². The maximum atomic E-state index is 13.9. The summed E-state index contributed by atoms with van der Waals surface area (Å²) >= 11 is 0. The van der Waals surface area contributed by atoms with E-state index in [2.05, 4.69) is 98.8 Å². The van der Waals surface area contributed by atoms with Crippen molar-refractivity contribution in [3.63, 3.8) is 0 Å². The molecule has 0 aromatic heterocycles. The fourth-order valence-electron chi connectivity index (χ4n) is 13.3. The number of hydrogen-bond donors (Lipinski definition) is 4. The van der Waals surface area contributed by atoms with Gasteiger partial charge in [0.1, 0.15) is 46.0 Å². The summed E-state index contributed by atoms with van der Waals surface area (Å²) in [6.45, 7) is 7.71. The number of benzene rings is 12. The monoisotopic (exact) mass is 1260 g/mol. The van der Waals surface area contributed by atoms with Gasteiger partial charge in [-0.3, -0.25) is 0 Å². The highest BCUT2D eigenvalue weighted by atomic mass is 19.4. The Morgan fingerprint density at radius 2 is 0.521 bits per heavy atom. The van der Waals surface area contributed by atoms with Gasteiger partial charge in [-0.15, -0.1) is 0 Å². The van der Waals surface area contributed by atoms with Gasteiger partial charge in [-0.25, -0.2) is 0 Å². The van der Waals surface area contributed by atoms with Crippen LogP contribution in [-0.4, -0.2) is 0 Å². The number of nitrogen functional groups attached to an aromatic ring is 4. The molecular formula is C80H62F6N4O4. The number of fused-ring (bicyclic) bond motifs is 6. The predicted molar refractivity (Wildman–Crippen MR) is 360 cm³/mol. The standard InChI is InChI=1S/C41H30F6N2O2.C39H32N2O2/c1-23-19-25(11-17-35(23)50-37-21-27(48)13-15-33(37)40(42,43)44)39(31-9-5-3-7-29(31)30-8-4-6-10-32(30)39)26-12-18-36(24(2)20-26)51-38-22-28(49)14-16-34(38)41(45,46)47;1-25-23-27(11-21-37(25)42-31-17-13-29(40)14-18-31)39(35-9-5-3-7-33(35)34-8-4-6-10-36(34)39)28-12-22-38(26(2)24-28)43-32-19-15-30(41)16-20-32/h3-22H,48-49H2,1-2H3;3-24H,40-41H2,1-2H3. The van der Waals surface area contributed by atoms with Gasteiger partial charge in [0.15, 0.2) is 0 Å². The molecule has 0 amide bonds. The van der Waals surface area contributed by atoms with Crippen molar-refractivity contribution in [3.8, 4) is 68.2 Å². The van der Waals surface area contributed by atoms with Gasteiger partial charge in [-0.2, -0.15) is 26.3 Å². The summed E-state index contributed by atoms with van der Waals surface area (Å²) in [7, 11) is 0. The zero-order chi connectivity index (χ0) is 65.8. The van der Waals surface area contributed by atoms with Gasteiger partial charge < -0.3 is 41.9 Å². The molecular weight excluding hydrogens is 1190 g/mol. The molecule has 0 saturated heterocycles. The minimum absolute atomic E-state index is 0.124. The number of alkyl halides is 6. The van der Waals surface area contributed by atoms with E-state index in [-0.39, 0.29) is 22.9 Å². The van der Waals surface area contributed by atoms with Crippen LogP contribution in [-0.2, 0) is 23.2 Å². The van der Waals surface area contributed by atoms with E-state index in [9.17, 15) is 26.3 Å². The number of anilines is 4. The van der Waals surface area contributed by atoms with Crippen LogP contribution in [0.3, 0.4) is 0 Å². The molecule has 8 nitrogen and oxygen atoms in total. The van der Waals surface area contributed by atoms with Crippen LogP contribution in [0.25, 0.3) is 22.3 Å². The van der Waals surface area contributed by atoms with Crippen molar-refractivity contribution in [2.45, 2.75) is 50.9 Å². The van der Waals surface area contributed by atoms with Gasteiger partial charge >= 0.3 is 12.4 Å². The van der Waals surface area contributed by atoms with Crippen molar-refractivity contribution >= 4 is 22.7 Å². The molecule has 468 valence electrons. The fourth-order valence-corrected chi connectivity index (χ4v) is 13.3. The van der Waals surface area contributed by atoms with E-state index in [0.717, 1.165) is 91.8 Å². The summed E-state index contributed by atoms with van der Waals surface area (Å²) in [5, 5.41) is 0. The first kappa shape index (κ1) is 61.5. The molecule has 0 heterocycles. The highest BCUT2D eigenvalue weighted by Crippen LogP contribution is 2.59. The van der Waals surface area contributed by atoms with E-state index in [0.29, 0.717) is 22.5 Å². The molecule has 12 aromatic rings. The first-order chi connectivity index (χ1) is 45.1. The van der Waals surface area contributed by atoms with Gasteiger partial charge in [-0.1, -0.05) is 146 Å². The molecule has 2 aliphatic carbocycles. The van der Waals surface area contributed by atoms with Gasteiger partial charge in [0, 0.05) is 34.9 Å². The molecule has 0 radical (unpaired) electrons. The summed E-state index contributed by atoms with van der Waals surface area (Å²) in [5.74, 6) is 2.74. The van der Waals surface area contributed by atoms with E-state index < -0.39 is 45.8 Å². The van der Waals surface area contributed by atoms with Crippen LogP contribution < -0.4 is 41.9 Å². The van der Waals surface area contributed by atoms with Crippen LogP contribution in [0.2, 0.25) is 0 Å². The highest BCUT2D eigenvalue weighted by molar-refractivity contribution is 5.88. The Hall–Kier alpha value is -11.4. The van der Waals surface area contributed by atoms with Crippen LogP contribution in [0.4, 0.5) is 49.1 Å². The number of halogens is 6. The maximum absolute atomic E-state index is 13.9. The van der Waals surface area contributed by atoms with Crippen molar-refractivity contribution in [2.75, 3.05) is 22.9 Å². The van der Waals surface area contributed by atoms with Gasteiger partial charge in [0.25, 0.3) is 0 Å². The third-order valence-electron chi connectivity index (χ3n) is 17.6. The first-order valence-corrected chi connectivity index (χ1v) is 30.3. The number of rotatable bonds is 12. The lowest BCUT2D eigenvalue weighted by molar-refractivity contribution is -0.139. The topological polar surface area (TPSA) is 141 Å². The van der Waals surface area contributed by atoms with Crippen LogP contribution in [0.15, 0.2) is 255 Å². The van der Waals surface area contributed by atoms with E-state index in [1.54, 1.807) is 26.0 Å². The quantitative estimate of drug-likeness (QED) is 0.0700. The largest absolute Gasteiger partial charge is 0.457 e. The zero-order valence-electron chi connectivity index (χ0n) is 51.5. The molecule has 0 fully saturated rings. The van der Waals surface area contributed by atoms with E-state index in [1.165, 1.54) is 45.5 Å². The van der Waals surface area contributed by atoms with Gasteiger partial charge in [-0.05, 0) is 214 Å². The minimum Gasteiger partial charge on any atom is -0.457 e. The average Bonchev–Trinajstić information content (AvgIpc) is 1.53. The molecule has 14 rings (SSSR count). The third kappa shape index (κ3) is 11.1. The Balaban J connectivity index is 0.000000173. The van der Waals surface area contributed by atoms with E-state index in [4.69, 9.17) is 41.9 Å². The van der Waals surface area contributed by atoms with E-state index >= 15 is 0 Å². The summed E-state index contributed by atoms with van der Waals surface area (Å²) in [6, 6.07) is 78.6. The molecule has 0 unspecified atom stereocenters. The third-order valence-corrected chi connectivity index (χ3v) is 17.6. The average molecular weight is 1260 g/mol. The summed E-state index contributed by atoms with van der Waals surface area (Å²) < 4.78 is 107. The Bertz CT molecular complexity index is 4580. The van der Waals surface area contributed by atoms with Crippen LogP contribution in [0, 0.1) is 27.7 Å². The summed E-state index contributed by atoms with van der Waals surface area (Å²) in [4.78, 5) is 0. The number of aryl methyl sites for hydroxylation is 4. The molecule has 14 heteroatoms. The molecule has 0 bridgehead atoms. The Morgan fingerprint density at radius 3 is 0.787 bits per heavy atom. The number of nitrogens with two attached hydrogens (primary N) is 4. The molecule has 2 aliphatic rings. The van der Waals surface area contributed by atoms with Crippen molar-refractivity contribution in [1.29, 1.82) is 0 Å².